The van der Waals surface area contributed by atoms with Crippen LogP contribution in [0, 0.1) is 11.8 Å². The molecule has 0 amide bonds. The number of rotatable bonds is 4. The van der Waals surface area contributed by atoms with Gasteiger partial charge in [-0.25, -0.2) is 4.98 Å². The van der Waals surface area contributed by atoms with Gasteiger partial charge in [0.2, 0.25) is 0 Å². The van der Waals surface area contributed by atoms with Crippen molar-refractivity contribution in [1.82, 2.24) is 9.55 Å². The van der Waals surface area contributed by atoms with E-state index in [1.807, 2.05) is 12.4 Å². The molecule has 1 heterocycles. The first-order chi connectivity index (χ1) is 8.66. The molecule has 1 aromatic heterocycles. The normalized spacial score (nSPS) is 32.7. The van der Waals surface area contributed by atoms with Gasteiger partial charge in [0.15, 0.2) is 0 Å². The Hall–Kier alpha value is -0.830. The van der Waals surface area contributed by atoms with Crippen molar-refractivity contribution < 1.29 is 0 Å². The third-order valence-electron chi connectivity index (χ3n) is 4.97. The average Bonchev–Trinajstić information content (AvgIpc) is 3.11. The molecule has 2 fully saturated rings. The molecule has 0 aromatic carbocycles. The molecule has 2 atom stereocenters. The lowest BCUT2D eigenvalue weighted by atomic mass is 9.72. The van der Waals surface area contributed by atoms with Crippen molar-refractivity contribution in [2.45, 2.75) is 56.9 Å². The number of nitrogens with two attached hydrogens (primary N) is 1. The van der Waals surface area contributed by atoms with Crippen molar-refractivity contribution >= 4 is 0 Å². The zero-order valence-electron chi connectivity index (χ0n) is 11.4. The van der Waals surface area contributed by atoms with Crippen LogP contribution in [0.5, 0.6) is 0 Å². The van der Waals surface area contributed by atoms with Gasteiger partial charge in [0, 0.05) is 31.4 Å². The van der Waals surface area contributed by atoms with Crippen molar-refractivity contribution in [2.75, 3.05) is 0 Å². The largest absolute Gasteiger partial charge is 0.338 e. The first kappa shape index (κ1) is 12.2. The molecule has 0 aliphatic heterocycles. The SMILES string of the molecule is Cn1ccnc1CCC1(N)CCCC(C2CC2)C1. The minimum absolute atomic E-state index is 0.0808. The molecular formula is C15H25N3. The molecule has 0 bridgehead atoms. The first-order valence-corrected chi connectivity index (χ1v) is 7.41. The van der Waals surface area contributed by atoms with Crippen LogP contribution in [0.3, 0.4) is 0 Å². The van der Waals surface area contributed by atoms with E-state index in [4.69, 9.17) is 5.73 Å². The second-order valence-electron chi connectivity index (χ2n) is 6.51. The van der Waals surface area contributed by atoms with Crippen molar-refractivity contribution in [3.63, 3.8) is 0 Å². The Bertz CT molecular complexity index is 408. The number of imidazole rings is 1. The summed E-state index contributed by atoms with van der Waals surface area (Å²) in [5, 5.41) is 0. The fraction of sp³-hybridized carbons (Fsp3) is 0.800. The van der Waals surface area contributed by atoms with E-state index >= 15 is 0 Å². The van der Waals surface area contributed by atoms with Crippen LogP contribution in [0.15, 0.2) is 12.4 Å². The van der Waals surface area contributed by atoms with E-state index in [1.165, 1.54) is 44.3 Å². The predicted molar refractivity (Wildman–Crippen MR) is 73.1 cm³/mol. The van der Waals surface area contributed by atoms with E-state index in [-0.39, 0.29) is 5.54 Å². The molecule has 0 radical (unpaired) electrons. The van der Waals surface area contributed by atoms with Gasteiger partial charge in [0.1, 0.15) is 5.82 Å². The molecule has 18 heavy (non-hydrogen) atoms. The van der Waals surface area contributed by atoms with Crippen LogP contribution in [0.25, 0.3) is 0 Å². The van der Waals surface area contributed by atoms with Crippen molar-refractivity contribution in [3.8, 4) is 0 Å². The van der Waals surface area contributed by atoms with Crippen LogP contribution >= 0.6 is 0 Å². The third kappa shape index (κ3) is 2.61. The Labute approximate surface area is 110 Å². The summed E-state index contributed by atoms with van der Waals surface area (Å²) >= 11 is 0. The highest BCUT2D eigenvalue weighted by Crippen LogP contribution is 2.46. The fourth-order valence-electron chi connectivity index (χ4n) is 3.64. The maximum atomic E-state index is 6.64. The van der Waals surface area contributed by atoms with Crippen LogP contribution in [0.4, 0.5) is 0 Å². The van der Waals surface area contributed by atoms with Gasteiger partial charge < -0.3 is 10.3 Å². The summed E-state index contributed by atoms with van der Waals surface area (Å²) < 4.78 is 2.12. The maximum absolute atomic E-state index is 6.64. The summed E-state index contributed by atoms with van der Waals surface area (Å²) in [5.74, 6) is 3.11. The Balaban J connectivity index is 1.58. The molecule has 2 unspecified atom stereocenters. The minimum Gasteiger partial charge on any atom is -0.338 e. The predicted octanol–water partition coefficient (Wildman–Crippen LogP) is 2.65. The lowest BCUT2D eigenvalue weighted by molar-refractivity contribution is 0.194. The van der Waals surface area contributed by atoms with E-state index in [9.17, 15) is 0 Å². The van der Waals surface area contributed by atoms with E-state index in [1.54, 1.807) is 0 Å². The summed E-state index contributed by atoms with van der Waals surface area (Å²) in [6.45, 7) is 0. The van der Waals surface area contributed by atoms with Gasteiger partial charge in [-0.15, -0.1) is 0 Å². The van der Waals surface area contributed by atoms with E-state index in [0.29, 0.717) is 0 Å². The van der Waals surface area contributed by atoms with Crippen LogP contribution in [-0.4, -0.2) is 15.1 Å². The van der Waals surface area contributed by atoms with Gasteiger partial charge in [-0.05, 0) is 43.9 Å². The third-order valence-corrected chi connectivity index (χ3v) is 4.97. The number of hydrogen-bond donors (Lipinski definition) is 1. The standard InChI is InChI=1S/C15H25N3/c1-18-10-9-17-14(18)6-8-15(16)7-2-3-13(11-15)12-4-5-12/h9-10,12-13H,2-8,11,16H2,1H3. The molecule has 2 aliphatic rings. The first-order valence-electron chi connectivity index (χ1n) is 7.41. The Morgan fingerprint density at radius 3 is 2.89 bits per heavy atom. The Kier molecular flexibility index (Phi) is 3.18. The van der Waals surface area contributed by atoms with Crippen molar-refractivity contribution in [2.24, 2.45) is 24.6 Å². The quantitative estimate of drug-likeness (QED) is 0.889. The lowest BCUT2D eigenvalue weighted by Gasteiger charge is -2.38. The summed E-state index contributed by atoms with van der Waals surface area (Å²) in [6.07, 6.45) is 14.2. The van der Waals surface area contributed by atoms with Gasteiger partial charge in [0.25, 0.3) is 0 Å². The molecule has 1 aromatic rings. The van der Waals surface area contributed by atoms with Gasteiger partial charge >= 0.3 is 0 Å². The summed E-state index contributed by atoms with van der Waals surface area (Å²) in [5.41, 5.74) is 6.73. The Morgan fingerprint density at radius 2 is 2.22 bits per heavy atom. The van der Waals surface area contributed by atoms with Crippen LogP contribution in [0.1, 0.15) is 50.8 Å². The molecule has 2 N–H and O–H groups in total. The zero-order chi connectivity index (χ0) is 12.6. The van der Waals surface area contributed by atoms with Crippen molar-refractivity contribution in [3.05, 3.63) is 18.2 Å². The molecule has 0 saturated heterocycles. The second-order valence-corrected chi connectivity index (χ2v) is 6.51. The highest BCUT2D eigenvalue weighted by atomic mass is 15.0. The van der Waals surface area contributed by atoms with E-state index in [0.717, 1.165) is 24.7 Å². The Morgan fingerprint density at radius 1 is 1.39 bits per heavy atom. The molecule has 3 rings (SSSR count). The molecule has 2 aliphatic carbocycles. The highest BCUT2D eigenvalue weighted by Gasteiger charge is 2.39. The zero-order valence-corrected chi connectivity index (χ0v) is 11.4. The van der Waals surface area contributed by atoms with Gasteiger partial charge in [-0.2, -0.15) is 0 Å². The molecule has 3 nitrogen and oxygen atoms in total. The smallest absolute Gasteiger partial charge is 0.108 e. The van der Waals surface area contributed by atoms with Gasteiger partial charge in [-0.3, -0.25) is 0 Å². The molecular weight excluding hydrogens is 222 g/mol. The fourth-order valence-corrected chi connectivity index (χ4v) is 3.64. The van der Waals surface area contributed by atoms with E-state index < -0.39 is 0 Å². The topological polar surface area (TPSA) is 43.8 Å². The van der Waals surface area contributed by atoms with Gasteiger partial charge in [-0.1, -0.05) is 12.8 Å². The number of nitrogens with zero attached hydrogens (tertiary/aromatic N) is 2. The average molecular weight is 247 g/mol. The van der Waals surface area contributed by atoms with E-state index in [2.05, 4.69) is 16.6 Å². The van der Waals surface area contributed by atoms with Gasteiger partial charge in [0.05, 0.1) is 0 Å². The lowest BCUT2D eigenvalue weighted by Crippen LogP contribution is -2.45. The second kappa shape index (κ2) is 4.69. The number of hydrogen-bond acceptors (Lipinski definition) is 2. The minimum atomic E-state index is 0.0808. The molecule has 3 heteroatoms. The van der Waals surface area contributed by atoms with Crippen molar-refractivity contribution in [1.29, 1.82) is 0 Å². The van der Waals surface area contributed by atoms with Crippen LogP contribution < -0.4 is 5.73 Å². The number of aryl methyl sites for hydroxylation is 2. The summed E-state index contributed by atoms with van der Waals surface area (Å²) in [4.78, 5) is 4.41. The molecule has 0 spiro atoms. The molecule has 100 valence electrons. The van der Waals surface area contributed by atoms with Crippen LogP contribution in [0.2, 0.25) is 0 Å². The summed E-state index contributed by atoms with van der Waals surface area (Å²) in [7, 11) is 2.07. The highest BCUT2D eigenvalue weighted by molar-refractivity contribution is 4.99. The summed E-state index contributed by atoms with van der Waals surface area (Å²) in [6, 6.07) is 0. The molecule has 2 saturated carbocycles. The number of aromatic nitrogens is 2. The maximum Gasteiger partial charge on any atom is 0.108 e. The monoisotopic (exact) mass is 247 g/mol. The van der Waals surface area contributed by atoms with Crippen LogP contribution in [-0.2, 0) is 13.5 Å².